The van der Waals surface area contributed by atoms with E-state index in [1.807, 2.05) is 54.6 Å². The summed E-state index contributed by atoms with van der Waals surface area (Å²) in [4.78, 5) is 8.55. The molecule has 0 aliphatic rings. The molecule has 0 saturated carbocycles. The van der Waals surface area contributed by atoms with Crippen LogP contribution < -0.4 is 5.73 Å². The van der Waals surface area contributed by atoms with Gasteiger partial charge in [-0.25, -0.2) is 4.98 Å². The molecule has 0 bridgehead atoms. The van der Waals surface area contributed by atoms with Crippen molar-refractivity contribution in [3.05, 3.63) is 60.2 Å². The second-order valence-electron chi connectivity index (χ2n) is 5.19. The maximum Gasteiger partial charge on any atom is 0.295 e. The van der Waals surface area contributed by atoms with Gasteiger partial charge in [-0.05, 0) is 11.6 Å². The van der Waals surface area contributed by atoms with Crippen LogP contribution in [0.4, 0.5) is 5.82 Å². The minimum Gasteiger partial charge on any atom is -0.480 e. The maximum absolute atomic E-state index is 10.2. The topological polar surface area (TPSA) is 77.0 Å². The van der Waals surface area contributed by atoms with Crippen molar-refractivity contribution in [2.75, 3.05) is 5.73 Å². The minimum absolute atomic E-state index is 0.0521. The summed E-state index contributed by atoms with van der Waals surface area (Å²) in [5.74, 6) is 0.329. The van der Waals surface area contributed by atoms with E-state index in [1.54, 1.807) is 4.57 Å². The summed E-state index contributed by atoms with van der Waals surface area (Å²) in [5, 5.41) is 11.2. The lowest BCUT2D eigenvalue weighted by atomic mass is 10.1. The lowest BCUT2D eigenvalue weighted by Gasteiger charge is -2.08. The molecule has 0 amide bonds. The van der Waals surface area contributed by atoms with Gasteiger partial charge in [0.2, 0.25) is 0 Å². The van der Waals surface area contributed by atoms with Crippen molar-refractivity contribution in [3.8, 4) is 6.01 Å². The number of pyridine rings is 1. The van der Waals surface area contributed by atoms with Gasteiger partial charge >= 0.3 is 0 Å². The zero-order valence-corrected chi connectivity index (χ0v) is 11.8. The number of benzene rings is 2. The van der Waals surface area contributed by atoms with E-state index in [0.29, 0.717) is 17.9 Å². The minimum atomic E-state index is -0.0521. The average Bonchev–Trinajstić information content (AvgIpc) is 2.86. The first kappa shape index (κ1) is 12.6. The summed E-state index contributed by atoms with van der Waals surface area (Å²) in [7, 11) is 0. The highest BCUT2D eigenvalue weighted by atomic mass is 16.3. The second kappa shape index (κ2) is 4.73. The molecule has 4 aromatic rings. The monoisotopic (exact) mass is 290 g/mol. The van der Waals surface area contributed by atoms with Crippen molar-refractivity contribution in [2.45, 2.75) is 6.54 Å². The molecule has 0 aliphatic carbocycles. The molecule has 0 spiro atoms. The average molecular weight is 290 g/mol. The number of nitrogens with two attached hydrogens (primary N) is 1. The highest BCUT2D eigenvalue weighted by Gasteiger charge is 2.16. The molecule has 0 unspecified atom stereocenters. The van der Waals surface area contributed by atoms with Gasteiger partial charge in [-0.15, -0.1) is 0 Å². The molecule has 2 heterocycles. The van der Waals surface area contributed by atoms with Crippen molar-refractivity contribution < 1.29 is 5.11 Å². The fraction of sp³-hybridized carbons (Fsp3) is 0.0588. The zero-order chi connectivity index (χ0) is 15.1. The molecule has 108 valence electrons. The Morgan fingerprint density at radius 1 is 0.955 bits per heavy atom. The Kier molecular flexibility index (Phi) is 2.72. The number of nitrogen functional groups attached to an aromatic ring is 1. The molecule has 4 rings (SSSR count). The number of anilines is 1. The summed E-state index contributed by atoms with van der Waals surface area (Å²) in [6.45, 7) is 0.524. The van der Waals surface area contributed by atoms with Gasteiger partial charge in [0, 0.05) is 5.39 Å². The van der Waals surface area contributed by atoms with Gasteiger partial charge in [0.05, 0.1) is 17.6 Å². The standard InChI is InChI=1S/C17H14N4O/c18-16-14-15(12-8-4-5-9-13(12)19-16)21(17(22)20-14)10-11-6-2-1-3-7-11/h1-9H,10H2,(H2,18,19)(H,20,22). The lowest BCUT2D eigenvalue weighted by Crippen LogP contribution is -2.00. The van der Waals surface area contributed by atoms with Crippen LogP contribution in [0.3, 0.4) is 0 Å². The van der Waals surface area contributed by atoms with E-state index in [2.05, 4.69) is 9.97 Å². The molecule has 0 saturated heterocycles. The Morgan fingerprint density at radius 3 is 2.50 bits per heavy atom. The van der Waals surface area contributed by atoms with Crippen molar-refractivity contribution in [2.24, 2.45) is 0 Å². The highest BCUT2D eigenvalue weighted by Crippen LogP contribution is 2.31. The third kappa shape index (κ3) is 1.87. The third-order valence-corrected chi connectivity index (χ3v) is 3.77. The number of aromatic hydroxyl groups is 1. The van der Waals surface area contributed by atoms with Crippen molar-refractivity contribution in [1.29, 1.82) is 0 Å². The first-order chi connectivity index (χ1) is 10.7. The van der Waals surface area contributed by atoms with Crippen molar-refractivity contribution in [1.82, 2.24) is 14.5 Å². The third-order valence-electron chi connectivity index (χ3n) is 3.77. The Labute approximate surface area is 126 Å². The van der Waals surface area contributed by atoms with Crippen LogP contribution in [0.1, 0.15) is 5.56 Å². The Hall–Kier alpha value is -3.08. The largest absolute Gasteiger partial charge is 0.480 e. The van der Waals surface area contributed by atoms with Crippen molar-refractivity contribution >= 4 is 27.8 Å². The smallest absolute Gasteiger partial charge is 0.295 e. The predicted molar refractivity (Wildman–Crippen MR) is 86.7 cm³/mol. The quantitative estimate of drug-likeness (QED) is 0.595. The fourth-order valence-corrected chi connectivity index (χ4v) is 2.76. The molecule has 2 aromatic carbocycles. The van der Waals surface area contributed by atoms with Gasteiger partial charge in [0.25, 0.3) is 6.01 Å². The number of imidazole rings is 1. The Morgan fingerprint density at radius 2 is 1.68 bits per heavy atom. The first-order valence-electron chi connectivity index (χ1n) is 7.01. The SMILES string of the molecule is Nc1nc2ccccc2c2c1nc(O)n2Cc1ccccc1. The summed E-state index contributed by atoms with van der Waals surface area (Å²) in [6.07, 6.45) is 0. The molecule has 0 atom stereocenters. The van der Waals surface area contributed by atoms with Crippen LogP contribution in [-0.2, 0) is 6.54 Å². The molecule has 2 aromatic heterocycles. The van der Waals surface area contributed by atoms with Crippen LogP contribution in [0.5, 0.6) is 6.01 Å². The lowest BCUT2D eigenvalue weighted by molar-refractivity contribution is 0.409. The van der Waals surface area contributed by atoms with Gasteiger partial charge in [-0.3, -0.25) is 4.57 Å². The number of rotatable bonds is 2. The number of para-hydroxylation sites is 1. The van der Waals surface area contributed by atoms with E-state index in [9.17, 15) is 5.11 Å². The van der Waals surface area contributed by atoms with E-state index in [4.69, 9.17) is 5.73 Å². The number of hydrogen-bond donors (Lipinski definition) is 2. The van der Waals surface area contributed by atoms with Crippen LogP contribution >= 0.6 is 0 Å². The van der Waals surface area contributed by atoms with E-state index >= 15 is 0 Å². The van der Waals surface area contributed by atoms with Crippen LogP contribution in [0.15, 0.2) is 54.6 Å². The highest BCUT2D eigenvalue weighted by molar-refractivity contribution is 6.06. The van der Waals surface area contributed by atoms with Gasteiger partial charge in [-0.1, -0.05) is 48.5 Å². The van der Waals surface area contributed by atoms with E-state index in [0.717, 1.165) is 22.0 Å². The molecule has 3 N–H and O–H groups in total. The van der Waals surface area contributed by atoms with Gasteiger partial charge in [0.1, 0.15) is 5.52 Å². The normalized spacial score (nSPS) is 11.3. The molecule has 5 heteroatoms. The summed E-state index contributed by atoms with van der Waals surface area (Å²) < 4.78 is 1.77. The number of hydrogen-bond acceptors (Lipinski definition) is 4. The molecule has 22 heavy (non-hydrogen) atoms. The summed E-state index contributed by atoms with van der Waals surface area (Å²) >= 11 is 0. The molecular weight excluding hydrogens is 276 g/mol. The van der Waals surface area contributed by atoms with Gasteiger partial charge < -0.3 is 10.8 Å². The summed E-state index contributed by atoms with van der Waals surface area (Å²) in [6, 6.07) is 17.6. The maximum atomic E-state index is 10.2. The van der Waals surface area contributed by atoms with E-state index in [-0.39, 0.29) is 6.01 Å². The zero-order valence-electron chi connectivity index (χ0n) is 11.8. The van der Waals surface area contributed by atoms with Crippen LogP contribution in [-0.4, -0.2) is 19.6 Å². The molecular formula is C17H14N4O. The van der Waals surface area contributed by atoms with Crippen molar-refractivity contribution in [3.63, 3.8) is 0 Å². The molecule has 0 radical (unpaired) electrons. The number of aromatic nitrogens is 3. The Bertz CT molecular complexity index is 976. The molecule has 5 nitrogen and oxygen atoms in total. The van der Waals surface area contributed by atoms with Crippen LogP contribution in [0.25, 0.3) is 21.9 Å². The molecule has 0 aliphatic heterocycles. The van der Waals surface area contributed by atoms with Crippen LogP contribution in [0.2, 0.25) is 0 Å². The molecule has 0 fully saturated rings. The van der Waals surface area contributed by atoms with E-state index in [1.165, 1.54) is 0 Å². The van der Waals surface area contributed by atoms with Gasteiger partial charge in [0.15, 0.2) is 5.82 Å². The first-order valence-corrected chi connectivity index (χ1v) is 7.01. The van der Waals surface area contributed by atoms with Gasteiger partial charge in [-0.2, -0.15) is 4.98 Å². The van der Waals surface area contributed by atoms with Crippen LogP contribution in [0, 0.1) is 0 Å². The van der Waals surface area contributed by atoms with E-state index < -0.39 is 0 Å². The second-order valence-corrected chi connectivity index (χ2v) is 5.19. The Balaban J connectivity index is 2.03. The number of nitrogens with zero attached hydrogens (tertiary/aromatic N) is 3. The number of fused-ring (bicyclic) bond motifs is 3. The summed E-state index contributed by atoms with van der Waals surface area (Å²) in [5.41, 5.74) is 9.22. The fourth-order valence-electron chi connectivity index (χ4n) is 2.76. The predicted octanol–water partition coefficient (Wildman–Crippen LogP) is 2.92.